The summed E-state index contributed by atoms with van der Waals surface area (Å²) >= 11 is 0. The van der Waals surface area contributed by atoms with Gasteiger partial charge in [-0.3, -0.25) is 0 Å². The molecule has 0 fully saturated rings. The monoisotopic (exact) mass is 636 g/mol. The molecule has 10 rings (SSSR count). The number of fused-ring (bicyclic) bond motifs is 6. The second-order valence-electron chi connectivity index (χ2n) is 13.0. The van der Waals surface area contributed by atoms with E-state index in [-0.39, 0.29) is 0 Å². The number of aromatic nitrogens is 2. The molecular weight excluding hydrogens is 605 g/mol. The fourth-order valence-corrected chi connectivity index (χ4v) is 7.78. The van der Waals surface area contributed by atoms with E-state index in [1.54, 1.807) is 0 Å². The molecule has 0 aliphatic rings. The van der Waals surface area contributed by atoms with Crippen LogP contribution in [0.1, 0.15) is 0 Å². The van der Waals surface area contributed by atoms with Crippen LogP contribution < -0.4 is 0 Å². The van der Waals surface area contributed by atoms with Crippen molar-refractivity contribution < 1.29 is 0 Å². The Morgan fingerprint density at radius 2 is 0.640 bits per heavy atom. The summed E-state index contributed by atoms with van der Waals surface area (Å²) in [6.07, 6.45) is 0. The van der Waals surface area contributed by atoms with Gasteiger partial charge in [-0.15, -0.1) is 0 Å². The van der Waals surface area contributed by atoms with E-state index in [1.165, 1.54) is 77.0 Å². The maximum Gasteiger partial charge on any atom is 0.0562 e. The lowest BCUT2D eigenvalue weighted by atomic mass is 9.98. The Hall–Kier alpha value is -6.64. The van der Waals surface area contributed by atoms with Crippen molar-refractivity contribution in [1.29, 1.82) is 0 Å². The smallest absolute Gasteiger partial charge is 0.0562 e. The minimum absolute atomic E-state index is 1.14. The van der Waals surface area contributed by atoms with Crippen LogP contribution in [0, 0.1) is 0 Å². The van der Waals surface area contributed by atoms with Gasteiger partial charge in [0.2, 0.25) is 0 Å². The van der Waals surface area contributed by atoms with Crippen LogP contribution in [0.4, 0.5) is 0 Å². The molecule has 2 aromatic heterocycles. The Kier molecular flexibility index (Phi) is 6.53. The Balaban J connectivity index is 1.29. The predicted octanol–water partition coefficient (Wildman–Crippen LogP) is 12.9. The first-order valence-electron chi connectivity index (χ1n) is 17.2. The van der Waals surface area contributed by atoms with E-state index in [4.69, 9.17) is 0 Å². The summed E-state index contributed by atoms with van der Waals surface area (Å²) in [6.45, 7) is 0. The summed E-state index contributed by atoms with van der Waals surface area (Å²) in [7, 11) is 0. The van der Waals surface area contributed by atoms with Crippen LogP contribution in [-0.4, -0.2) is 9.13 Å². The number of benzene rings is 8. The van der Waals surface area contributed by atoms with Crippen molar-refractivity contribution in [3.8, 4) is 44.8 Å². The zero-order chi connectivity index (χ0) is 33.0. The molecule has 0 unspecified atom stereocenters. The van der Waals surface area contributed by atoms with Crippen molar-refractivity contribution in [2.75, 3.05) is 0 Å². The van der Waals surface area contributed by atoms with Gasteiger partial charge in [-0.2, -0.15) is 0 Å². The Bertz CT molecular complexity index is 2780. The fraction of sp³-hybridized carbons (Fsp3) is 0. The lowest BCUT2D eigenvalue weighted by Crippen LogP contribution is -1.97. The number of hydrogen-bond donors (Lipinski definition) is 0. The van der Waals surface area contributed by atoms with E-state index in [2.05, 4.69) is 203 Å². The van der Waals surface area contributed by atoms with Crippen molar-refractivity contribution in [2.45, 2.75) is 0 Å². The third-order valence-corrected chi connectivity index (χ3v) is 10.1. The molecular formula is C48H32N2. The Labute approximate surface area is 290 Å². The van der Waals surface area contributed by atoms with E-state index in [0.717, 1.165) is 11.4 Å². The average Bonchev–Trinajstić information content (AvgIpc) is 3.70. The van der Waals surface area contributed by atoms with Gasteiger partial charge in [0.05, 0.1) is 22.1 Å². The molecule has 8 aromatic carbocycles. The van der Waals surface area contributed by atoms with Crippen LogP contribution >= 0.6 is 0 Å². The van der Waals surface area contributed by atoms with Gasteiger partial charge in [0.15, 0.2) is 0 Å². The van der Waals surface area contributed by atoms with Gasteiger partial charge in [0.25, 0.3) is 0 Å². The first-order valence-corrected chi connectivity index (χ1v) is 17.2. The summed E-state index contributed by atoms with van der Waals surface area (Å²) in [5.41, 5.74) is 14.3. The molecule has 0 spiro atoms. The molecule has 2 nitrogen and oxygen atoms in total. The highest BCUT2D eigenvalue weighted by Crippen LogP contribution is 2.41. The van der Waals surface area contributed by atoms with Gasteiger partial charge in [-0.1, -0.05) is 140 Å². The molecule has 0 radical (unpaired) electrons. The minimum Gasteiger partial charge on any atom is -0.309 e. The Morgan fingerprint density at radius 3 is 1.18 bits per heavy atom. The van der Waals surface area contributed by atoms with Crippen molar-refractivity contribution in [1.82, 2.24) is 9.13 Å². The number of para-hydroxylation sites is 2. The molecule has 234 valence electrons. The third-order valence-electron chi connectivity index (χ3n) is 10.1. The van der Waals surface area contributed by atoms with Gasteiger partial charge >= 0.3 is 0 Å². The summed E-state index contributed by atoms with van der Waals surface area (Å²) in [5.74, 6) is 0. The van der Waals surface area contributed by atoms with Crippen molar-refractivity contribution in [2.24, 2.45) is 0 Å². The topological polar surface area (TPSA) is 9.86 Å². The maximum absolute atomic E-state index is 2.46. The Morgan fingerprint density at radius 1 is 0.220 bits per heavy atom. The van der Waals surface area contributed by atoms with E-state index < -0.39 is 0 Å². The molecule has 2 heterocycles. The predicted molar refractivity (Wildman–Crippen MR) is 211 cm³/mol. The number of rotatable bonds is 5. The largest absolute Gasteiger partial charge is 0.309 e. The quantitative estimate of drug-likeness (QED) is 0.178. The molecule has 0 saturated carbocycles. The SMILES string of the molecule is c1ccc(-c2cccc(-n3c4ccccc4c4cc5c6ccccc6n(-c6cc(-c7ccccc7)cc(-c7ccccc7)c6)c5cc43)c2)cc1. The van der Waals surface area contributed by atoms with Crippen LogP contribution in [0.2, 0.25) is 0 Å². The highest BCUT2D eigenvalue weighted by Gasteiger charge is 2.19. The first-order chi connectivity index (χ1) is 24.8. The lowest BCUT2D eigenvalue weighted by Gasteiger charge is -2.14. The minimum atomic E-state index is 1.14. The molecule has 10 aromatic rings. The van der Waals surface area contributed by atoms with Crippen molar-refractivity contribution in [3.63, 3.8) is 0 Å². The van der Waals surface area contributed by atoms with Crippen LogP contribution in [0.3, 0.4) is 0 Å². The zero-order valence-electron chi connectivity index (χ0n) is 27.4. The third kappa shape index (κ3) is 4.57. The highest BCUT2D eigenvalue weighted by atomic mass is 15.0. The highest BCUT2D eigenvalue weighted by molar-refractivity contribution is 6.19. The molecule has 0 saturated heterocycles. The van der Waals surface area contributed by atoms with Crippen LogP contribution in [0.5, 0.6) is 0 Å². The van der Waals surface area contributed by atoms with Gasteiger partial charge in [-0.25, -0.2) is 0 Å². The van der Waals surface area contributed by atoms with Crippen LogP contribution in [-0.2, 0) is 0 Å². The van der Waals surface area contributed by atoms with Gasteiger partial charge in [0.1, 0.15) is 0 Å². The fourth-order valence-electron chi connectivity index (χ4n) is 7.78. The molecule has 0 amide bonds. The normalized spacial score (nSPS) is 11.6. The van der Waals surface area contributed by atoms with Gasteiger partial charge < -0.3 is 9.13 Å². The molecule has 0 N–H and O–H groups in total. The van der Waals surface area contributed by atoms with Crippen LogP contribution in [0.15, 0.2) is 194 Å². The van der Waals surface area contributed by atoms with Crippen LogP contribution in [0.25, 0.3) is 88.4 Å². The summed E-state index contributed by atoms with van der Waals surface area (Å²) in [5, 5.41) is 5.01. The van der Waals surface area contributed by atoms with E-state index in [0.29, 0.717) is 0 Å². The molecule has 0 aliphatic carbocycles. The molecule has 0 atom stereocenters. The van der Waals surface area contributed by atoms with E-state index in [1.807, 2.05) is 0 Å². The van der Waals surface area contributed by atoms with E-state index in [9.17, 15) is 0 Å². The maximum atomic E-state index is 2.46. The molecule has 0 aliphatic heterocycles. The molecule has 2 heteroatoms. The summed E-state index contributed by atoms with van der Waals surface area (Å²) < 4.78 is 4.90. The molecule has 0 bridgehead atoms. The summed E-state index contributed by atoms with van der Waals surface area (Å²) in [6, 6.07) is 70.5. The standard InChI is InChI=1S/C48H32N2/c1-4-15-33(16-5-1)36-21-14-22-39(28-36)49-45-25-12-10-23-41(45)43-31-44-42-24-11-13-26-46(42)50(48(44)32-47(43)49)40-29-37(34-17-6-2-7-18-34)27-38(30-40)35-19-8-3-9-20-35/h1-32H. The number of nitrogens with zero attached hydrogens (tertiary/aromatic N) is 2. The average molecular weight is 637 g/mol. The van der Waals surface area contributed by atoms with Gasteiger partial charge in [0, 0.05) is 32.9 Å². The van der Waals surface area contributed by atoms with Gasteiger partial charge in [-0.05, 0) is 88.0 Å². The first kappa shape index (κ1) is 28.4. The lowest BCUT2D eigenvalue weighted by molar-refractivity contribution is 1.17. The zero-order valence-corrected chi connectivity index (χ0v) is 27.4. The summed E-state index contributed by atoms with van der Waals surface area (Å²) in [4.78, 5) is 0. The van der Waals surface area contributed by atoms with Crippen molar-refractivity contribution >= 4 is 43.6 Å². The number of hydrogen-bond acceptors (Lipinski definition) is 0. The second kappa shape index (κ2) is 11.5. The van der Waals surface area contributed by atoms with Crippen molar-refractivity contribution in [3.05, 3.63) is 194 Å². The second-order valence-corrected chi connectivity index (χ2v) is 13.0. The van der Waals surface area contributed by atoms with E-state index >= 15 is 0 Å². The molecule has 50 heavy (non-hydrogen) atoms.